The Kier molecular flexibility index (Phi) is 3.56. The molecule has 1 aromatic heterocycles. The lowest BCUT2D eigenvalue weighted by Gasteiger charge is -2.11. The van der Waals surface area contributed by atoms with E-state index in [1.165, 1.54) is 6.07 Å². The third-order valence-electron chi connectivity index (χ3n) is 2.66. The number of rotatable bonds is 4. The Labute approximate surface area is 94.2 Å². The molecule has 0 aliphatic carbocycles. The van der Waals surface area contributed by atoms with Crippen molar-refractivity contribution >= 4 is 5.82 Å². The first kappa shape index (κ1) is 11.1. The Morgan fingerprint density at radius 1 is 1.69 bits per heavy atom. The smallest absolute Gasteiger partial charge is 0.252 e. The summed E-state index contributed by atoms with van der Waals surface area (Å²) in [4.78, 5) is 18.3. The van der Waals surface area contributed by atoms with E-state index >= 15 is 0 Å². The molecule has 0 bridgehead atoms. The fourth-order valence-electron chi connectivity index (χ4n) is 1.79. The molecule has 88 valence electrons. The fourth-order valence-corrected chi connectivity index (χ4v) is 1.79. The van der Waals surface area contributed by atoms with Gasteiger partial charge in [-0.05, 0) is 12.8 Å². The van der Waals surface area contributed by atoms with Crippen molar-refractivity contribution in [3.63, 3.8) is 0 Å². The van der Waals surface area contributed by atoms with Crippen LogP contribution in [0.5, 0.6) is 0 Å². The largest absolute Gasteiger partial charge is 0.376 e. The summed E-state index contributed by atoms with van der Waals surface area (Å²) >= 11 is 0. The van der Waals surface area contributed by atoms with Crippen molar-refractivity contribution in [1.29, 1.82) is 0 Å². The van der Waals surface area contributed by atoms with Gasteiger partial charge >= 0.3 is 0 Å². The number of nitrogens with one attached hydrogen (secondary N) is 2. The number of nitrogens with zero attached hydrogens (tertiary/aromatic N) is 1. The van der Waals surface area contributed by atoms with Crippen molar-refractivity contribution in [2.45, 2.75) is 32.3 Å². The minimum Gasteiger partial charge on any atom is -0.376 e. The van der Waals surface area contributed by atoms with Crippen LogP contribution in [0.25, 0.3) is 0 Å². The minimum atomic E-state index is -0.110. The molecule has 2 N–H and O–H groups in total. The maximum absolute atomic E-state index is 11.3. The van der Waals surface area contributed by atoms with Gasteiger partial charge in [-0.15, -0.1) is 0 Å². The summed E-state index contributed by atoms with van der Waals surface area (Å²) in [6.07, 6.45) is 3.18. The molecule has 5 heteroatoms. The van der Waals surface area contributed by atoms with Crippen LogP contribution in [-0.4, -0.2) is 29.2 Å². The molecule has 0 spiro atoms. The number of hydrogen-bond acceptors (Lipinski definition) is 4. The van der Waals surface area contributed by atoms with Crippen LogP contribution >= 0.6 is 0 Å². The predicted octanol–water partition coefficient (Wildman–Crippen LogP) is 0.923. The second kappa shape index (κ2) is 5.12. The molecule has 16 heavy (non-hydrogen) atoms. The van der Waals surface area contributed by atoms with Gasteiger partial charge in [-0.25, -0.2) is 4.98 Å². The van der Waals surface area contributed by atoms with E-state index in [1.807, 2.05) is 6.92 Å². The van der Waals surface area contributed by atoms with Crippen molar-refractivity contribution in [3.8, 4) is 0 Å². The molecule has 1 aromatic rings. The molecule has 1 aliphatic rings. The van der Waals surface area contributed by atoms with E-state index in [0.29, 0.717) is 11.6 Å². The number of aromatic amines is 1. The summed E-state index contributed by atoms with van der Waals surface area (Å²) in [6, 6.07) is 1.48. The van der Waals surface area contributed by atoms with Crippen LogP contribution in [0.15, 0.2) is 10.9 Å². The van der Waals surface area contributed by atoms with E-state index in [1.54, 1.807) is 0 Å². The second-order valence-electron chi connectivity index (χ2n) is 3.95. The second-order valence-corrected chi connectivity index (χ2v) is 3.95. The van der Waals surface area contributed by atoms with Gasteiger partial charge in [0.1, 0.15) is 11.6 Å². The number of ether oxygens (including phenoxy) is 1. The molecule has 2 rings (SSSR count). The zero-order valence-electron chi connectivity index (χ0n) is 9.45. The average Bonchev–Trinajstić information content (AvgIpc) is 2.78. The Hall–Kier alpha value is -1.36. The summed E-state index contributed by atoms with van der Waals surface area (Å²) < 4.78 is 5.49. The quantitative estimate of drug-likeness (QED) is 0.796. The maximum Gasteiger partial charge on any atom is 0.252 e. The maximum atomic E-state index is 11.3. The van der Waals surface area contributed by atoms with Gasteiger partial charge in [-0.1, -0.05) is 6.92 Å². The average molecular weight is 223 g/mol. The Morgan fingerprint density at radius 3 is 3.25 bits per heavy atom. The number of aromatic nitrogens is 2. The molecular formula is C11H17N3O2. The highest BCUT2D eigenvalue weighted by Crippen LogP contribution is 2.12. The van der Waals surface area contributed by atoms with Gasteiger partial charge in [-0.3, -0.25) is 4.79 Å². The SMILES string of the molecule is CCc1nc(NCC2CCCO2)cc(=O)[nH]1. The first-order valence-corrected chi connectivity index (χ1v) is 5.73. The van der Waals surface area contributed by atoms with Crippen LogP contribution in [0.2, 0.25) is 0 Å². The zero-order valence-corrected chi connectivity index (χ0v) is 9.45. The van der Waals surface area contributed by atoms with Gasteiger partial charge in [0.15, 0.2) is 0 Å². The normalized spacial score (nSPS) is 19.9. The highest BCUT2D eigenvalue weighted by molar-refractivity contribution is 5.33. The number of H-pyrrole nitrogens is 1. The van der Waals surface area contributed by atoms with E-state index in [4.69, 9.17) is 4.74 Å². The van der Waals surface area contributed by atoms with Crippen molar-refractivity contribution in [3.05, 3.63) is 22.2 Å². The molecule has 0 aromatic carbocycles. The molecule has 1 fully saturated rings. The molecule has 1 aliphatic heterocycles. The third kappa shape index (κ3) is 2.82. The first-order valence-electron chi connectivity index (χ1n) is 5.73. The van der Waals surface area contributed by atoms with Crippen LogP contribution in [0, 0.1) is 0 Å². The van der Waals surface area contributed by atoms with Crippen LogP contribution < -0.4 is 10.9 Å². The lowest BCUT2D eigenvalue weighted by atomic mass is 10.2. The monoisotopic (exact) mass is 223 g/mol. The standard InChI is InChI=1S/C11H17N3O2/c1-2-9-13-10(6-11(15)14-9)12-7-8-4-3-5-16-8/h6,8H,2-5,7H2,1H3,(H2,12,13,14,15). The van der Waals surface area contributed by atoms with Crippen LogP contribution in [0.1, 0.15) is 25.6 Å². The van der Waals surface area contributed by atoms with E-state index in [0.717, 1.165) is 32.4 Å². The Bertz CT molecular complexity index is 396. The molecular weight excluding hydrogens is 206 g/mol. The highest BCUT2D eigenvalue weighted by Gasteiger charge is 2.15. The van der Waals surface area contributed by atoms with E-state index in [9.17, 15) is 4.79 Å². The lowest BCUT2D eigenvalue weighted by Crippen LogP contribution is -2.21. The number of anilines is 1. The molecule has 1 saturated heterocycles. The lowest BCUT2D eigenvalue weighted by molar-refractivity contribution is 0.120. The molecule has 1 atom stereocenters. The van der Waals surface area contributed by atoms with Crippen LogP contribution in [0.3, 0.4) is 0 Å². The summed E-state index contributed by atoms with van der Waals surface area (Å²) in [7, 11) is 0. The van der Waals surface area contributed by atoms with E-state index in [-0.39, 0.29) is 11.7 Å². The minimum absolute atomic E-state index is 0.110. The summed E-state index contributed by atoms with van der Waals surface area (Å²) in [5.74, 6) is 1.35. The van der Waals surface area contributed by atoms with Crippen LogP contribution in [-0.2, 0) is 11.2 Å². The molecule has 5 nitrogen and oxygen atoms in total. The van der Waals surface area contributed by atoms with Gasteiger partial charge in [-0.2, -0.15) is 0 Å². The van der Waals surface area contributed by atoms with Crippen molar-refractivity contribution in [1.82, 2.24) is 9.97 Å². The number of aryl methyl sites for hydroxylation is 1. The van der Waals surface area contributed by atoms with Crippen molar-refractivity contribution in [2.75, 3.05) is 18.5 Å². The zero-order chi connectivity index (χ0) is 11.4. The van der Waals surface area contributed by atoms with Crippen LogP contribution in [0.4, 0.5) is 5.82 Å². The molecule has 2 heterocycles. The topological polar surface area (TPSA) is 67.0 Å². The van der Waals surface area contributed by atoms with E-state index < -0.39 is 0 Å². The molecule has 0 amide bonds. The van der Waals surface area contributed by atoms with E-state index in [2.05, 4.69) is 15.3 Å². The predicted molar refractivity (Wildman–Crippen MR) is 61.7 cm³/mol. The molecule has 0 radical (unpaired) electrons. The molecule has 1 unspecified atom stereocenters. The summed E-state index contributed by atoms with van der Waals surface area (Å²) in [5.41, 5.74) is -0.110. The number of hydrogen-bond donors (Lipinski definition) is 2. The van der Waals surface area contributed by atoms with Gasteiger partial charge in [0.2, 0.25) is 0 Å². The van der Waals surface area contributed by atoms with Gasteiger partial charge in [0.05, 0.1) is 6.10 Å². The Morgan fingerprint density at radius 2 is 2.56 bits per heavy atom. The summed E-state index contributed by atoms with van der Waals surface area (Å²) in [6.45, 7) is 3.52. The van der Waals surface area contributed by atoms with Crippen molar-refractivity contribution < 1.29 is 4.74 Å². The summed E-state index contributed by atoms with van der Waals surface area (Å²) in [5, 5.41) is 3.15. The Balaban J connectivity index is 1.97. The van der Waals surface area contributed by atoms with Crippen molar-refractivity contribution in [2.24, 2.45) is 0 Å². The third-order valence-corrected chi connectivity index (χ3v) is 2.66. The van der Waals surface area contributed by atoms with Gasteiger partial charge in [0.25, 0.3) is 5.56 Å². The molecule has 0 saturated carbocycles. The first-order chi connectivity index (χ1) is 7.78. The van der Waals surface area contributed by atoms with Gasteiger partial charge in [0, 0.05) is 25.6 Å². The fraction of sp³-hybridized carbons (Fsp3) is 0.636. The van der Waals surface area contributed by atoms with Gasteiger partial charge < -0.3 is 15.0 Å². The highest BCUT2D eigenvalue weighted by atomic mass is 16.5.